The minimum atomic E-state index is 0.669. The van der Waals surface area contributed by atoms with Gasteiger partial charge in [0.1, 0.15) is 5.69 Å². The van der Waals surface area contributed by atoms with E-state index in [1.54, 1.807) is 12.4 Å². The normalized spacial score (nSPS) is 8.55. The van der Waals surface area contributed by atoms with E-state index in [9.17, 15) is 0 Å². The van der Waals surface area contributed by atoms with Crippen molar-refractivity contribution in [1.29, 1.82) is 0 Å². The number of aryl methyl sites for hydroxylation is 1. The molecule has 11 heavy (non-hydrogen) atoms. The number of nitrogens with zero attached hydrogens (tertiary/aromatic N) is 2. The maximum Gasteiger partial charge on any atom is 0.131 e. The van der Waals surface area contributed by atoms with Gasteiger partial charge in [-0.3, -0.25) is 4.98 Å². The first-order valence-corrected chi connectivity index (χ1v) is 4.28. The Morgan fingerprint density at radius 2 is 2.36 bits per heavy atom. The van der Waals surface area contributed by atoms with Crippen LogP contribution in [0, 0.1) is 18.8 Å². The smallest absolute Gasteiger partial charge is 0.131 e. The lowest BCUT2D eigenvalue weighted by molar-refractivity contribution is 1.10. The molecular formula is C8H7BrN2. The first kappa shape index (κ1) is 8.22. The molecule has 1 rings (SSSR count). The van der Waals surface area contributed by atoms with Crippen LogP contribution in [0.15, 0.2) is 12.4 Å². The molecule has 0 saturated carbocycles. The molecule has 0 atom stereocenters. The van der Waals surface area contributed by atoms with Gasteiger partial charge in [0.25, 0.3) is 0 Å². The average Bonchev–Trinajstić information content (AvgIpc) is 2.01. The number of aromatic nitrogens is 2. The standard InChI is InChI=1S/C8H7BrN2/c1-7-5-10-6-8(11-7)3-2-4-9/h5-6H,4H2,1H3. The molecule has 0 bridgehead atoms. The molecule has 1 aromatic heterocycles. The van der Waals surface area contributed by atoms with Crippen molar-refractivity contribution in [1.82, 2.24) is 9.97 Å². The van der Waals surface area contributed by atoms with Crippen LogP contribution in [-0.4, -0.2) is 15.3 Å². The predicted octanol–water partition coefficient (Wildman–Crippen LogP) is 1.53. The fourth-order valence-electron chi connectivity index (χ4n) is 0.648. The summed E-state index contributed by atoms with van der Waals surface area (Å²) in [5.74, 6) is 5.72. The van der Waals surface area contributed by atoms with E-state index in [1.807, 2.05) is 6.92 Å². The summed E-state index contributed by atoms with van der Waals surface area (Å²) in [7, 11) is 0. The Morgan fingerprint density at radius 1 is 1.55 bits per heavy atom. The molecule has 1 aromatic rings. The molecular weight excluding hydrogens is 204 g/mol. The molecule has 3 heteroatoms. The molecule has 0 unspecified atom stereocenters. The Bertz CT molecular complexity index is 298. The van der Waals surface area contributed by atoms with Crippen molar-refractivity contribution in [2.45, 2.75) is 6.92 Å². The predicted molar refractivity (Wildman–Crippen MR) is 47.4 cm³/mol. The zero-order valence-corrected chi connectivity index (χ0v) is 7.72. The Balaban J connectivity index is 2.87. The molecule has 0 radical (unpaired) electrons. The number of hydrogen-bond donors (Lipinski definition) is 0. The molecule has 56 valence electrons. The third kappa shape index (κ3) is 2.69. The maximum atomic E-state index is 4.15. The van der Waals surface area contributed by atoms with Gasteiger partial charge >= 0.3 is 0 Å². The molecule has 0 aliphatic carbocycles. The van der Waals surface area contributed by atoms with Crippen molar-refractivity contribution >= 4 is 15.9 Å². The van der Waals surface area contributed by atoms with E-state index in [0.717, 1.165) is 11.4 Å². The van der Waals surface area contributed by atoms with Crippen molar-refractivity contribution < 1.29 is 0 Å². The summed E-state index contributed by atoms with van der Waals surface area (Å²) in [5, 5.41) is 0.669. The van der Waals surface area contributed by atoms with Gasteiger partial charge in [0.2, 0.25) is 0 Å². The van der Waals surface area contributed by atoms with Crippen molar-refractivity contribution in [2.75, 3.05) is 5.33 Å². The van der Waals surface area contributed by atoms with E-state index in [-0.39, 0.29) is 0 Å². The first-order chi connectivity index (χ1) is 5.33. The van der Waals surface area contributed by atoms with Crippen molar-refractivity contribution in [3.63, 3.8) is 0 Å². The molecule has 0 aliphatic rings. The van der Waals surface area contributed by atoms with Gasteiger partial charge in [-0.1, -0.05) is 21.9 Å². The number of alkyl halides is 1. The van der Waals surface area contributed by atoms with Crippen LogP contribution in [0.2, 0.25) is 0 Å². The highest BCUT2D eigenvalue weighted by Gasteiger charge is 1.87. The Kier molecular flexibility index (Phi) is 3.06. The van der Waals surface area contributed by atoms with Crippen LogP contribution < -0.4 is 0 Å². The summed E-state index contributed by atoms with van der Waals surface area (Å²) >= 11 is 3.20. The van der Waals surface area contributed by atoms with Gasteiger partial charge in [0.05, 0.1) is 17.2 Å². The van der Waals surface area contributed by atoms with Gasteiger partial charge in [-0.15, -0.1) is 0 Å². The van der Waals surface area contributed by atoms with Crippen LogP contribution in [0.25, 0.3) is 0 Å². The van der Waals surface area contributed by atoms with Crippen LogP contribution >= 0.6 is 15.9 Å². The van der Waals surface area contributed by atoms with E-state index in [1.165, 1.54) is 0 Å². The summed E-state index contributed by atoms with van der Waals surface area (Å²) in [5.41, 5.74) is 1.62. The van der Waals surface area contributed by atoms with E-state index >= 15 is 0 Å². The molecule has 0 spiro atoms. The third-order valence-corrected chi connectivity index (χ3v) is 1.32. The van der Waals surface area contributed by atoms with Gasteiger partial charge in [-0.2, -0.15) is 0 Å². The highest BCUT2D eigenvalue weighted by Crippen LogP contribution is 1.91. The zero-order valence-electron chi connectivity index (χ0n) is 6.13. The summed E-state index contributed by atoms with van der Waals surface area (Å²) in [6.07, 6.45) is 3.36. The second kappa shape index (κ2) is 4.09. The molecule has 0 aromatic carbocycles. The topological polar surface area (TPSA) is 25.8 Å². The molecule has 0 saturated heterocycles. The van der Waals surface area contributed by atoms with Crippen LogP contribution in [0.5, 0.6) is 0 Å². The Morgan fingerprint density at radius 3 is 3.00 bits per heavy atom. The molecule has 2 nitrogen and oxygen atoms in total. The molecule has 0 N–H and O–H groups in total. The molecule has 0 amide bonds. The van der Waals surface area contributed by atoms with Gasteiger partial charge in [-0.05, 0) is 12.8 Å². The van der Waals surface area contributed by atoms with Crippen LogP contribution in [-0.2, 0) is 0 Å². The van der Waals surface area contributed by atoms with Gasteiger partial charge in [0.15, 0.2) is 0 Å². The molecule has 1 heterocycles. The number of hydrogen-bond acceptors (Lipinski definition) is 2. The molecule has 0 aliphatic heterocycles. The first-order valence-electron chi connectivity index (χ1n) is 3.16. The zero-order chi connectivity index (χ0) is 8.10. The largest absolute Gasteiger partial charge is 0.260 e. The summed E-state index contributed by atoms with van der Waals surface area (Å²) in [6.45, 7) is 1.90. The van der Waals surface area contributed by atoms with Gasteiger partial charge in [-0.25, -0.2) is 4.98 Å². The van der Waals surface area contributed by atoms with Crippen molar-refractivity contribution in [3.05, 3.63) is 23.8 Å². The van der Waals surface area contributed by atoms with Crippen molar-refractivity contribution in [2.24, 2.45) is 0 Å². The second-order valence-electron chi connectivity index (χ2n) is 1.98. The molecule has 0 fully saturated rings. The van der Waals surface area contributed by atoms with Crippen LogP contribution in [0.1, 0.15) is 11.4 Å². The lowest BCUT2D eigenvalue weighted by Gasteiger charge is -1.89. The van der Waals surface area contributed by atoms with Crippen molar-refractivity contribution in [3.8, 4) is 11.8 Å². The van der Waals surface area contributed by atoms with E-state index < -0.39 is 0 Å². The third-order valence-electron chi connectivity index (χ3n) is 1.04. The Labute approximate surface area is 74.2 Å². The van der Waals surface area contributed by atoms with E-state index in [4.69, 9.17) is 0 Å². The minimum absolute atomic E-state index is 0.669. The fourth-order valence-corrected chi connectivity index (χ4v) is 0.788. The van der Waals surface area contributed by atoms with Crippen LogP contribution in [0.3, 0.4) is 0 Å². The van der Waals surface area contributed by atoms with Gasteiger partial charge < -0.3 is 0 Å². The SMILES string of the molecule is Cc1cncc(C#CCBr)n1. The Hall–Kier alpha value is -0.880. The maximum absolute atomic E-state index is 4.15. The van der Waals surface area contributed by atoms with Gasteiger partial charge in [0, 0.05) is 6.20 Å². The summed E-state index contributed by atoms with van der Waals surface area (Å²) in [4.78, 5) is 8.11. The highest BCUT2D eigenvalue weighted by atomic mass is 79.9. The monoisotopic (exact) mass is 210 g/mol. The summed E-state index contributed by atoms with van der Waals surface area (Å²) in [6, 6.07) is 0. The quantitative estimate of drug-likeness (QED) is 0.480. The fraction of sp³-hybridized carbons (Fsp3) is 0.250. The minimum Gasteiger partial charge on any atom is -0.260 e. The lowest BCUT2D eigenvalue weighted by Crippen LogP contribution is -1.87. The second-order valence-corrected chi connectivity index (χ2v) is 2.54. The summed E-state index contributed by atoms with van der Waals surface area (Å²) < 4.78 is 0. The van der Waals surface area contributed by atoms with E-state index in [2.05, 4.69) is 37.7 Å². The lowest BCUT2D eigenvalue weighted by atomic mass is 10.4. The van der Waals surface area contributed by atoms with E-state index in [0.29, 0.717) is 5.33 Å². The highest BCUT2D eigenvalue weighted by molar-refractivity contribution is 9.09. The average molecular weight is 211 g/mol. The number of halogens is 1. The number of rotatable bonds is 0. The van der Waals surface area contributed by atoms with Crippen LogP contribution in [0.4, 0.5) is 0 Å².